The molecule has 96 valence electrons. The van der Waals surface area contributed by atoms with Gasteiger partial charge in [-0.2, -0.15) is 0 Å². The fourth-order valence-corrected chi connectivity index (χ4v) is 0. The molecule has 18 heteroatoms. The summed E-state index contributed by atoms with van der Waals surface area (Å²) in [6, 6.07) is 0. The van der Waals surface area contributed by atoms with Crippen molar-refractivity contribution in [2.75, 3.05) is 0 Å². The molecule has 0 heterocycles. The van der Waals surface area contributed by atoms with E-state index in [2.05, 4.69) is 0 Å². The minimum atomic E-state index is -5.17. The zero-order chi connectivity index (χ0) is 13.5. The summed E-state index contributed by atoms with van der Waals surface area (Å²) < 4.78 is 102. The van der Waals surface area contributed by atoms with Gasteiger partial charge in [0, 0.05) is 31.2 Å². The van der Waals surface area contributed by atoms with Gasteiger partial charge in [0.05, 0.1) is 0 Å². The van der Waals surface area contributed by atoms with Gasteiger partial charge in [0.1, 0.15) is 0 Å². The molecule has 0 N–H and O–H groups in total. The van der Waals surface area contributed by atoms with Crippen molar-refractivity contribution in [2.24, 2.45) is 0 Å². The van der Waals surface area contributed by atoms with E-state index in [0.29, 0.717) is 0 Å². The van der Waals surface area contributed by atoms with Gasteiger partial charge in [-0.3, -0.25) is 25.3 Å². The van der Waals surface area contributed by atoms with Crippen LogP contribution in [0.2, 0.25) is 0 Å². The molecule has 0 bridgehead atoms. The molecule has 18 heavy (non-hydrogen) atoms. The van der Waals surface area contributed by atoms with E-state index in [1.54, 1.807) is 0 Å². The molecule has 12 nitrogen and oxygen atoms in total. The summed E-state index contributed by atoms with van der Waals surface area (Å²) in [5, 5.41) is 0. The Balaban J connectivity index is -0.0000000277. The first-order valence-electron chi connectivity index (χ1n) is 2.00. The second kappa shape index (κ2) is 14.6. The maximum Gasteiger partial charge on any atom is 3.00 e. The Hall–Kier alpha value is 1.21. The Morgan fingerprint density at radius 1 is 0.389 bits per heavy atom. The van der Waals surface area contributed by atoms with Crippen LogP contribution in [-0.2, 0) is 31.2 Å². The summed E-state index contributed by atoms with van der Waals surface area (Å²) in [6.45, 7) is 0. The molecule has 0 fully saturated rings. The molecule has 0 aromatic carbocycles. The Morgan fingerprint density at radius 3 is 0.389 bits per heavy atom. The van der Waals surface area contributed by atoms with E-state index < -0.39 is 31.2 Å². The van der Waals surface area contributed by atoms with Crippen molar-refractivity contribution in [3.63, 3.8) is 0 Å². The maximum absolute atomic E-state index is 8.52. The third-order valence-electron chi connectivity index (χ3n) is 0. The summed E-state index contributed by atoms with van der Waals surface area (Å²) >= 11 is 0. The van der Waals surface area contributed by atoms with Crippen molar-refractivity contribution in [3.05, 3.63) is 0 Å². The molecule has 0 unspecified atom stereocenters. The van der Waals surface area contributed by atoms with E-state index in [1.165, 1.54) is 0 Å². The first-order chi connectivity index (χ1) is 6.00. The first kappa shape index (κ1) is 36.5. The first-order valence-corrected chi connectivity index (χ1v) is 6.00. The zero-order valence-corrected chi connectivity index (χ0v) is 13.8. The molecule has 0 radical (unpaired) electrons. The van der Waals surface area contributed by atoms with Gasteiger partial charge >= 0.3 is 52.1 Å². The molecule has 0 aliphatic carbocycles. The van der Waals surface area contributed by atoms with Crippen molar-refractivity contribution < 1.29 is 52.6 Å². The molecular weight excluding hydrogens is 369 g/mol. The Bertz CT molecular complexity index is 343. The van der Waals surface area contributed by atoms with E-state index in [1.807, 2.05) is 0 Å². The van der Waals surface area contributed by atoms with Crippen molar-refractivity contribution in [1.82, 2.24) is 0 Å². The van der Waals surface area contributed by atoms with Crippen LogP contribution in [-0.4, -0.2) is 105 Å². The standard InChI is InChI=1S/3Al.3H2O4S/c;;;3*1-5(2,3)4/h;;;3*(H2,1,2,3,4)/q3*+3;;;/p-6. The molecular formula is Al3O12S3+3. The average Bonchev–Trinajstić information content (AvgIpc) is 1.41. The van der Waals surface area contributed by atoms with Crippen molar-refractivity contribution >= 4 is 83.3 Å². The van der Waals surface area contributed by atoms with Crippen LogP contribution >= 0.6 is 0 Å². The van der Waals surface area contributed by atoms with Crippen LogP contribution in [0, 0.1) is 0 Å². The molecule has 0 atom stereocenters. The van der Waals surface area contributed by atoms with Gasteiger partial charge in [0.25, 0.3) is 0 Å². The third-order valence-corrected chi connectivity index (χ3v) is 0. The predicted molar refractivity (Wildman–Crippen MR) is 48.7 cm³/mol. The molecule has 0 amide bonds. The predicted octanol–water partition coefficient (Wildman–Crippen LogP) is -5.16. The molecule has 0 rings (SSSR count). The summed E-state index contributed by atoms with van der Waals surface area (Å²) in [7, 11) is -15.5. The van der Waals surface area contributed by atoms with E-state index in [4.69, 9.17) is 52.6 Å². The summed E-state index contributed by atoms with van der Waals surface area (Å²) in [6.07, 6.45) is 0. The minimum absolute atomic E-state index is 0. The van der Waals surface area contributed by atoms with Crippen LogP contribution in [0.4, 0.5) is 0 Å². The van der Waals surface area contributed by atoms with Crippen LogP contribution in [0.5, 0.6) is 0 Å². The molecule has 0 aliphatic rings. The van der Waals surface area contributed by atoms with E-state index >= 15 is 0 Å². The summed E-state index contributed by atoms with van der Waals surface area (Å²) in [5.41, 5.74) is 0. The largest absolute Gasteiger partial charge is 3.00 e. The number of hydrogen-bond acceptors (Lipinski definition) is 12. The second-order valence-electron chi connectivity index (χ2n) is 1.22. The van der Waals surface area contributed by atoms with Gasteiger partial charge in [0.15, 0.2) is 0 Å². The van der Waals surface area contributed by atoms with Crippen LogP contribution in [0.15, 0.2) is 0 Å². The fraction of sp³-hybridized carbons (Fsp3) is 0. The van der Waals surface area contributed by atoms with Crippen LogP contribution in [0.1, 0.15) is 0 Å². The van der Waals surface area contributed by atoms with Crippen LogP contribution < -0.4 is 0 Å². The second-order valence-corrected chi connectivity index (χ2v) is 3.67. The monoisotopic (exact) mass is 369 g/mol. The molecule has 0 spiro atoms. The van der Waals surface area contributed by atoms with Crippen molar-refractivity contribution in [2.45, 2.75) is 0 Å². The average molecular weight is 369 g/mol. The van der Waals surface area contributed by atoms with Crippen LogP contribution in [0.3, 0.4) is 0 Å². The number of hydrogen-bond donors (Lipinski definition) is 0. The van der Waals surface area contributed by atoms with Crippen molar-refractivity contribution in [1.29, 1.82) is 0 Å². The van der Waals surface area contributed by atoms with Gasteiger partial charge in [-0.25, -0.2) is 0 Å². The topological polar surface area (TPSA) is 241 Å². The maximum atomic E-state index is 8.52. The van der Waals surface area contributed by atoms with E-state index in [-0.39, 0.29) is 52.1 Å². The summed E-state index contributed by atoms with van der Waals surface area (Å²) in [4.78, 5) is 0. The van der Waals surface area contributed by atoms with E-state index in [0.717, 1.165) is 0 Å². The molecule has 0 aromatic rings. The SMILES string of the molecule is O=S(=O)([O-])[O-].O=S(=O)([O-])[O-].O=S(=O)([O-])[O-].[Al+3].[Al+3].[Al+3]. The smallest absolute Gasteiger partial charge is 0.759 e. The van der Waals surface area contributed by atoms with Gasteiger partial charge in [0.2, 0.25) is 0 Å². The van der Waals surface area contributed by atoms with Gasteiger partial charge in [-0.1, -0.05) is 0 Å². The van der Waals surface area contributed by atoms with Gasteiger partial charge in [-0.05, 0) is 0 Å². The quantitative estimate of drug-likeness (QED) is 0.221. The summed E-state index contributed by atoms with van der Waals surface area (Å²) in [5.74, 6) is 0. The zero-order valence-electron chi connectivity index (χ0n) is 7.86. The van der Waals surface area contributed by atoms with Gasteiger partial charge < -0.3 is 27.3 Å². The third kappa shape index (κ3) is 3100. The van der Waals surface area contributed by atoms with Gasteiger partial charge in [-0.15, -0.1) is 0 Å². The molecule has 0 saturated carbocycles. The van der Waals surface area contributed by atoms with Crippen LogP contribution in [0.25, 0.3) is 0 Å². The van der Waals surface area contributed by atoms with E-state index in [9.17, 15) is 0 Å². The van der Waals surface area contributed by atoms with Crippen molar-refractivity contribution in [3.8, 4) is 0 Å². The minimum Gasteiger partial charge on any atom is -0.759 e. The normalized spacial score (nSPS) is 9.67. The fourth-order valence-electron chi connectivity index (χ4n) is 0. The molecule has 0 saturated heterocycles. The Morgan fingerprint density at radius 2 is 0.389 bits per heavy atom. The Kier molecular flexibility index (Phi) is 29.6. The Labute approximate surface area is 135 Å². The molecule has 0 aliphatic heterocycles. The molecule has 0 aromatic heterocycles. The number of rotatable bonds is 0.